The molecule has 3 rings (SSSR count). The molecule has 1 saturated heterocycles. The van der Waals surface area contributed by atoms with Crippen molar-refractivity contribution >= 4 is 39.3 Å². The van der Waals surface area contributed by atoms with E-state index < -0.39 is 16.0 Å². The van der Waals surface area contributed by atoms with Crippen LogP contribution < -0.4 is 4.90 Å². The molecule has 2 aliphatic rings. The van der Waals surface area contributed by atoms with Gasteiger partial charge >= 0.3 is 5.97 Å². The van der Waals surface area contributed by atoms with Crippen molar-refractivity contribution in [3.8, 4) is 0 Å². The van der Waals surface area contributed by atoms with E-state index in [4.69, 9.17) is 0 Å². The summed E-state index contributed by atoms with van der Waals surface area (Å²) >= 11 is 1.33. The number of methoxy groups -OCH3 is 1. The lowest BCUT2D eigenvalue weighted by Crippen LogP contribution is -2.47. The summed E-state index contributed by atoms with van der Waals surface area (Å²) in [6.07, 6.45) is 0. The summed E-state index contributed by atoms with van der Waals surface area (Å²) in [7, 11) is -0.445. The van der Waals surface area contributed by atoms with Crippen LogP contribution in [0.5, 0.6) is 0 Å². The van der Waals surface area contributed by atoms with Crippen LogP contribution in [-0.2, 0) is 24.3 Å². The number of sulfonamides is 1. The van der Waals surface area contributed by atoms with Crippen LogP contribution in [0.1, 0.15) is 0 Å². The number of thioether (sulfide) groups is 1. The van der Waals surface area contributed by atoms with E-state index in [0.717, 1.165) is 4.90 Å². The lowest BCUT2D eigenvalue weighted by molar-refractivity contribution is -0.139. The van der Waals surface area contributed by atoms with Crippen molar-refractivity contribution in [1.29, 1.82) is 0 Å². The van der Waals surface area contributed by atoms with Crippen LogP contribution in [0.4, 0.5) is 5.69 Å². The molecule has 26 heavy (non-hydrogen) atoms. The van der Waals surface area contributed by atoms with Crippen molar-refractivity contribution in [2.45, 2.75) is 9.79 Å². The van der Waals surface area contributed by atoms with Crippen LogP contribution in [-0.4, -0.2) is 82.1 Å². The van der Waals surface area contributed by atoms with Gasteiger partial charge in [0.05, 0.1) is 23.4 Å². The number of hydrogen-bond acceptors (Lipinski definition) is 7. The monoisotopic (exact) mass is 399 g/mol. The SMILES string of the molecule is COC(=O)CN1C(=O)CSc2ccc(S(=O)(=O)N3CCN(C)CC3)cc21. The third kappa shape index (κ3) is 3.73. The van der Waals surface area contributed by atoms with Crippen molar-refractivity contribution in [3.63, 3.8) is 0 Å². The van der Waals surface area contributed by atoms with Gasteiger partial charge in [-0.05, 0) is 25.2 Å². The van der Waals surface area contributed by atoms with Gasteiger partial charge in [0.2, 0.25) is 15.9 Å². The number of carbonyl (C=O) groups is 2. The molecule has 0 aromatic heterocycles. The maximum atomic E-state index is 13.0. The third-order valence-corrected chi connectivity index (χ3v) is 7.43. The summed E-state index contributed by atoms with van der Waals surface area (Å²) in [4.78, 5) is 28.1. The minimum Gasteiger partial charge on any atom is -0.468 e. The Labute approximate surface area is 157 Å². The summed E-state index contributed by atoms with van der Waals surface area (Å²) in [6, 6.07) is 4.74. The van der Waals surface area contributed by atoms with E-state index in [1.165, 1.54) is 34.1 Å². The van der Waals surface area contributed by atoms with Gasteiger partial charge in [-0.25, -0.2) is 8.42 Å². The van der Waals surface area contributed by atoms with Crippen molar-refractivity contribution in [3.05, 3.63) is 18.2 Å². The Morgan fingerprint density at radius 1 is 1.23 bits per heavy atom. The van der Waals surface area contributed by atoms with Gasteiger partial charge in [0, 0.05) is 31.1 Å². The molecule has 0 bridgehead atoms. The number of fused-ring (bicyclic) bond motifs is 1. The van der Waals surface area contributed by atoms with Crippen molar-refractivity contribution in [2.24, 2.45) is 0 Å². The zero-order chi connectivity index (χ0) is 18.9. The minimum absolute atomic E-state index is 0.131. The first-order valence-electron chi connectivity index (χ1n) is 8.15. The van der Waals surface area contributed by atoms with Gasteiger partial charge in [0.15, 0.2) is 0 Å². The molecule has 0 saturated carbocycles. The van der Waals surface area contributed by atoms with E-state index in [2.05, 4.69) is 9.64 Å². The largest absolute Gasteiger partial charge is 0.468 e. The van der Waals surface area contributed by atoms with Crippen LogP contribution in [0.15, 0.2) is 28.0 Å². The number of carbonyl (C=O) groups excluding carboxylic acids is 2. The number of hydrogen-bond donors (Lipinski definition) is 0. The zero-order valence-electron chi connectivity index (χ0n) is 14.7. The molecule has 0 aliphatic carbocycles. The minimum atomic E-state index is -3.65. The fourth-order valence-corrected chi connectivity index (χ4v) is 5.25. The number of ether oxygens (including phenoxy) is 1. The maximum Gasteiger partial charge on any atom is 0.325 e. The Kier molecular flexibility index (Phi) is 5.56. The van der Waals surface area contributed by atoms with Crippen molar-refractivity contribution in [2.75, 3.05) is 57.5 Å². The second kappa shape index (κ2) is 7.55. The van der Waals surface area contributed by atoms with Crippen LogP contribution in [0.25, 0.3) is 0 Å². The predicted molar refractivity (Wildman–Crippen MR) is 97.8 cm³/mol. The van der Waals surface area contributed by atoms with Gasteiger partial charge in [0.1, 0.15) is 6.54 Å². The normalized spacial score (nSPS) is 19.3. The Morgan fingerprint density at radius 2 is 1.92 bits per heavy atom. The molecule has 142 valence electrons. The molecule has 1 aromatic carbocycles. The molecule has 8 nitrogen and oxygen atoms in total. The average molecular weight is 399 g/mol. The smallest absolute Gasteiger partial charge is 0.325 e. The lowest BCUT2D eigenvalue weighted by Gasteiger charge is -2.32. The molecular formula is C16H21N3O5S2. The number of rotatable bonds is 4. The van der Waals surface area contributed by atoms with Gasteiger partial charge in [-0.3, -0.25) is 14.5 Å². The third-order valence-electron chi connectivity index (χ3n) is 4.49. The summed E-state index contributed by atoms with van der Waals surface area (Å²) in [6.45, 7) is 1.96. The highest BCUT2D eigenvalue weighted by molar-refractivity contribution is 8.00. The topological polar surface area (TPSA) is 87.2 Å². The first-order chi connectivity index (χ1) is 12.3. The molecule has 1 aromatic rings. The number of anilines is 1. The average Bonchev–Trinajstić information content (AvgIpc) is 2.63. The van der Waals surface area contributed by atoms with Crippen molar-refractivity contribution in [1.82, 2.24) is 9.21 Å². The van der Waals surface area contributed by atoms with E-state index in [0.29, 0.717) is 31.9 Å². The molecule has 1 fully saturated rings. The number of benzene rings is 1. The Balaban J connectivity index is 1.94. The fourth-order valence-electron chi connectivity index (χ4n) is 2.89. The molecule has 2 aliphatic heterocycles. The number of esters is 1. The maximum absolute atomic E-state index is 13.0. The molecule has 0 unspecified atom stereocenters. The number of nitrogens with zero attached hydrogens (tertiary/aromatic N) is 3. The highest BCUT2D eigenvalue weighted by Crippen LogP contribution is 2.37. The number of piperazine rings is 1. The molecule has 0 N–H and O–H groups in total. The zero-order valence-corrected chi connectivity index (χ0v) is 16.3. The standard InChI is InChI=1S/C16H21N3O5S2/c1-17-5-7-18(8-6-17)26(22,23)12-3-4-14-13(9-12)19(10-16(21)24-2)15(20)11-25-14/h3-4,9H,5-8,10-11H2,1-2H3. The van der Waals surface area contributed by atoms with E-state index in [-0.39, 0.29) is 23.1 Å². The molecule has 0 spiro atoms. The number of likely N-dealkylation sites (N-methyl/N-ethyl adjacent to an activating group) is 1. The molecule has 10 heteroatoms. The summed E-state index contributed by atoms with van der Waals surface area (Å²) < 4.78 is 32.0. The van der Waals surface area contributed by atoms with Gasteiger partial charge in [-0.15, -0.1) is 11.8 Å². The van der Waals surface area contributed by atoms with E-state index >= 15 is 0 Å². The lowest BCUT2D eigenvalue weighted by atomic mass is 10.2. The van der Waals surface area contributed by atoms with Gasteiger partial charge in [0.25, 0.3) is 0 Å². The van der Waals surface area contributed by atoms with E-state index in [9.17, 15) is 18.0 Å². The van der Waals surface area contributed by atoms with Gasteiger partial charge < -0.3 is 9.64 Å². The second-order valence-corrected chi connectivity index (χ2v) is 9.14. The van der Waals surface area contributed by atoms with E-state index in [1.807, 2.05) is 7.05 Å². The molecular weight excluding hydrogens is 378 g/mol. The molecule has 0 radical (unpaired) electrons. The second-order valence-electron chi connectivity index (χ2n) is 6.18. The first-order valence-corrected chi connectivity index (χ1v) is 10.6. The molecule has 0 atom stereocenters. The van der Waals surface area contributed by atoms with Crippen LogP contribution >= 0.6 is 11.8 Å². The van der Waals surface area contributed by atoms with Crippen LogP contribution in [0.3, 0.4) is 0 Å². The highest BCUT2D eigenvalue weighted by Gasteiger charge is 2.31. The van der Waals surface area contributed by atoms with Gasteiger partial charge in [-0.1, -0.05) is 0 Å². The van der Waals surface area contributed by atoms with Crippen molar-refractivity contribution < 1.29 is 22.7 Å². The highest BCUT2D eigenvalue weighted by atomic mass is 32.2. The molecule has 1 amide bonds. The Morgan fingerprint density at radius 3 is 2.58 bits per heavy atom. The Hall–Kier alpha value is -1.62. The van der Waals surface area contributed by atoms with Gasteiger partial charge in [-0.2, -0.15) is 4.31 Å². The predicted octanol–water partition coefficient (Wildman–Crippen LogP) is 0.234. The fraction of sp³-hybridized carbons (Fsp3) is 0.500. The van der Waals surface area contributed by atoms with Crippen LogP contribution in [0, 0.1) is 0 Å². The van der Waals surface area contributed by atoms with Crippen LogP contribution in [0.2, 0.25) is 0 Å². The molecule has 2 heterocycles. The summed E-state index contributed by atoms with van der Waals surface area (Å²) in [5, 5.41) is 0. The first kappa shape index (κ1) is 19.2. The Bertz CT molecular complexity index is 819. The number of amides is 1. The van der Waals surface area contributed by atoms with E-state index in [1.54, 1.807) is 12.1 Å². The quantitative estimate of drug-likeness (QED) is 0.670. The summed E-state index contributed by atoms with van der Waals surface area (Å²) in [5.41, 5.74) is 0.437. The summed E-state index contributed by atoms with van der Waals surface area (Å²) in [5.74, 6) is -0.597.